The molecule has 3 atom stereocenters. The Morgan fingerprint density at radius 1 is 1.18 bits per heavy atom. The van der Waals surface area contributed by atoms with Crippen LogP contribution in [0.4, 0.5) is 10.2 Å². The Balaban J connectivity index is 1.28. The minimum Gasteiger partial charge on any atom is -0.505 e. The van der Waals surface area contributed by atoms with E-state index in [1.165, 1.54) is 6.07 Å². The molecule has 0 bridgehead atoms. The second-order valence-corrected chi connectivity index (χ2v) is 13.4. The van der Waals surface area contributed by atoms with Gasteiger partial charge in [-0.15, -0.1) is 11.8 Å². The van der Waals surface area contributed by atoms with Gasteiger partial charge in [0.05, 0.1) is 10.4 Å². The van der Waals surface area contributed by atoms with Gasteiger partial charge in [0, 0.05) is 31.6 Å². The number of hydrogen-bond acceptors (Lipinski definition) is 13. The van der Waals surface area contributed by atoms with Crippen molar-refractivity contribution in [2.24, 2.45) is 0 Å². The average molecular weight is 727 g/mol. The number of carboxylic acids is 1. The van der Waals surface area contributed by atoms with Gasteiger partial charge >= 0.3 is 10.8 Å². The summed E-state index contributed by atoms with van der Waals surface area (Å²) in [5.74, 6) is -5.70. The number of benzene rings is 1. The number of aromatic nitrogens is 4. The molecule has 6 rings (SSSR count). The first-order chi connectivity index (χ1) is 23.3. The fourth-order valence-electron chi connectivity index (χ4n) is 5.20. The summed E-state index contributed by atoms with van der Waals surface area (Å²) in [6, 6.07) is 3.26. The molecule has 49 heavy (non-hydrogen) atoms. The number of carboxylic acid groups (broad SMARTS) is 1. The summed E-state index contributed by atoms with van der Waals surface area (Å²) in [5.41, 5.74) is -1.35. The van der Waals surface area contributed by atoms with E-state index in [0.29, 0.717) is 22.7 Å². The standard InChI is InChI=1S/C29H23FN8O8S3/c1-37(2)16-6-4-14-18(32-16)21(40)11(8-31-14)23(41)33-17(10-3-5-15(39)13(30)7-10)24(42)34-19-26(43)38-20(28(44)45)12(9-48-27(19)38)22(47)25-35-36-29(46)49-25/h3-8,17,19,27,39H,9H2,1-2H3,(H,31,40)(H,33,41)(H,34,42)(H,36,46)(H,44,45)/t17?,19?,27-/m0/s1. The first-order valence-electron chi connectivity index (χ1n) is 14.1. The molecule has 0 radical (unpaired) electrons. The van der Waals surface area contributed by atoms with Gasteiger partial charge in [-0.05, 0) is 29.8 Å². The highest BCUT2D eigenvalue weighted by atomic mass is 32.2. The van der Waals surface area contributed by atoms with Crippen molar-refractivity contribution in [3.05, 3.63) is 89.6 Å². The van der Waals surface area contributed by atoms with Gasteiger partial charge in [-0.2, -0.15) is 5.10 Å². The van der Waals surface area contributed by atoms with Crippen LogP contribution in [0.5, 0.6) is 5.75 Å². The Morgan fingerprint density at radius 3 is 2.59 bits per heavy atom. The molecule has 3 aromatic heterocycles. The van der Waals surface area contributed by atoms with Crippen LogP contribution < -0.4 is 25.8 Å². The Kier molecular flexibility index (Phi) is 8.77. The number of H-pyrrole nitrogens is 2. The maximum absolute atomic E-state index is 14.5. The van der Waals surface area contributed by atoms with Gasteiger partial charge in [-0.1, -0.05) is 29.6 Å². The number of β-lactam (4-membered cyclic amide) rings is 1. The van der Waals surface area contributed by atoms with E-state index >= 15 is 0 Å². The number of pyridine rings is 2. The van der Waals surface area contributed by atoms with E-state index in [2.05, 4.69) is 30.8 Å². The maximum Gasteiger partial charge on any atom is 0.353 e. The predicted octanol–water partition coefficient (Wildman–Crippen LogP) is 0.606. The third kappa shape index (κ3) is 6.04. The number of anilines is 1. The third-order valence-electron chi connectivity index (χ3n) is 7.63. The number of carbonyl (C=O) groups excluding carboxylic acids is 3. The van der Waals surface area contributed by atoms with Crippen molar-refractivity contribution in [1.82, 2.24) is 35.7 Å². The number of amides is 3. The molecule has 3 amide bonds. The van der Waals surface area contributed by atoms with Gasteiger partial charge < -0.3 is 30.7 Å². The summed E-state index contributed by atoms with van der Waals surface area (Å²) >= 11 is 7.14. The molecule has 2 aliphatic heterocycles. The number of phenols is 1. The smallest absolute Gasteiger partial charge is 0.353 e. The molecule has 1 saturated heterocycles. The second kappa shape index (κ2) is 12.9. The predicted molar refractivity (Wildman–Crippen MR) is 179 cm³/mol. The highest BCUT2D eigenvalue weighted by Crippen LogP contribution is 2.41. The monoisotopic (exact) mass is 726 g/mol. The average Bonchev–Trinajstić information content (AvgIpc) is 3.52. The number of nitrogens with one attached hydrogen (secondary N) is 4. The van der Waals surface area contributed by atoms with Crippen LogP contribution in [0.2, 0.25) is 0 Å². The Bertz CT molecular complexity index is 2250. The van der Waals surface area contributed by atoms with Crippen molar-refractivity contribution in [2.45, 2.75) is 17.5 Å². The van der Waals surface area contributed by atoms with Crippen LogP contribution in [0.15, 0.2) is 57.4 Å². The number of hydrogen-bond donors (Lipinski definition) is 6. The molecule has 1 aromatic carbocycles. The zero-order chi connectivity index (χ0) is 35.3. The first kappa shape index (κ1) is 33.4. The maximum atomic E-state index is 14.5. The number of carbonyl (C=O) groups is 4. The topological polar surface area (TPSA) is 231 Å². The van der Waals surface area contributed by atoms with Crippen LogP contribution >= 0.6 is 35.3 Å². The van der Waals surface area contributed by atoms with Gasteiger partial charge in [-0.25, -0.2) is 19.3 Å². The van der Waals surface area contributed by atoms with Gasteiger partial charge in [0.25, 0.3) is 11.8 Å². The molecular formula is C29H23FN8O8S3. The van der Waals surface area contributed by atoms with E-state index < -0.39 is 74.3 Å². The van der Waals surface area contributed by atoms with Crippen molar-refractivity contribution in [2.75, 3.05) is 24.7 Å². The molecule has 16 nitrogen and oxygen atoms in total. The zero-order valence-electron chi connectivity index (χ0n) is 25.1. The highest BCUT2D eigenvalue weighted by molar-refractivity contribution is 8.00. The van der Waals surface area contributed by atoms with Crippen molar-refractivity contribution in [1.29, 1.82) is 0 Å². The summed E-state index contributed by atoms with van der Waals surface area (Å²) in [4.78, 5) is 87.0. The second-order valence-electron chi connectivity index (χ2n) is 10.9. The van der Waals surface area contributed by atoms with Gasteiger partial charge in [0.15, 0.2) is 16.6 Å². The Labute approximate surface area is 287 Å². The van der Waals surface area contributed by atoms with Crippen molar-refractivity contribution >= 4 is 80.7 Å². The van der Waals surface area contributed by atoms with Crippen LogP contribution in [0.25, 0.3) is 11.0 Å². The number of rotatable bonds is 9. The zero-order valence-corrected chi connectivity index (χ0v) is 27.6. The van der Waals surface area contributed by atoms with E-state index in [0.717, 1.165) is 35.0 Å². The number of aliphatic carboxylic acids is 1. The SMILES string of the molecule is CN(C)c1ccc2[nH]cc(C(=O)NC(C(=O)NC3C(=O)N4C(C(=O)O)=C(C(=S)c5n[nH]c(=O)s5)CS[C@@H]34)c3ccc(O)c(F)c3)c(=O)c2n1. The molecule has 0 spiro atoms. The number of fused-ring (bicyclic) bond motifs is 2. The van der Waals surface area contributed by atoms with Crippen LogP contribution in [-0.4, -0.2) is 95.1 Å². The number of aromatic hydroxyl groups is 1. The van der Waals surface area contributed by atoms with E-state index in [1.807, 2.05) is 0 Å². The summed E-state index contributed by atoms with van der Waals surface area (Å²) in [7, 11) is 3.43. The van der Waals surface area contributed by atoms with Crippen molar-refractivity contribution in [3.63, 3.8) is 0 Å². The Hall–Kier alpha value is -5.47. The molecule has 20 heteroatoms. The third-order valence-corrected chi connectivity index (χ3v) is 10.2. The molecule has 4 aromatic rings. The molecule has 2 unspecified atom stereocenters. The highest BCUT2D eigenvalue weighted by Gasteiger charge is 2.55. The first-order valence-corrected chi connectivity index (χ1v) is 16.3. The number of phenolic OH excluding ortho intramolecular Hbond substituents is 1. The normalized spacial score (nSPS) is 17.6. The molecule has 0 aliphatic carbocycles. The fourth-order valence-corrected chi connectivity index (χ4v) is 7.56. The van der Waals surface area contributed by atoms with Crippen LogP contribution in [0.3, 0.4) is 0 Å². The van der Waals surface area contributed by atoms with Crippen molar-refractivity contribution in [3.8, 4) is 5.75 Å². The lowest BCUT2D eigenvalue weighted by atomic mass is 9.99. The summed E-state index contributed by atoms with van der Waals surface area (Å²) in [6.45, 7) is 0. The van der Waals surface area contributed by atoms with Crippen LogP contribution in [0, 0.1) is 5.82 Å². The lowest BCUT2D eigenvalue weighted by Gasteiger charge is -2.49. The lowest BCUT2D eigenvalue weighted by molar-refractivity contribution is -0.150. The molecule has 1 fully saturated rings. The number of halogens is 1. The molecule has 6 N–H and O–H groups in total. The molecular weight excluding hydrogens is 704 g/mol. The Morgan fingerprint density at radius 2 is 1.94 bits per heavy atom. The summed E-state index contributed by atoms with van der Waals surface area (Å²) < 4.78 is 14.5. The summed E-state index contributed by atoms with van der Waals surface area (Å²) in [5, 5.41) is 29.8. The molecule has 0 saturated carbocycles. The number of aromatic amines is 2. The molecule has 252 valence electrons. The van der Waals surface area contributed by atoms with Gasteiger partial charge in [0.1, 0.15) is 40.1 Å². The molecule has 5 heterocycles. The van der Waals surface area contributed by atoms with E-state index in [-0.39, 0.29) is 32.3 Å². The molecule has 2 aliphatic rings. The largest absolute Gasteiger partial charge is 0.505 e. The van der Waals surface area contributed by atoms with E-state index in [1.54, 1.807) is 31.1 Å². The van der Waals surface area contributed by atoms with Crippen molar-refractivity contribution < 1.29 is 33.8 Å². The number of thioether (sulfide) groups is 1. The number of thiocarbonyl (C=S) groups is 1. The minimum atomic E-state index is -1.69. The minimum absolute atomic E-state index is 0.00724. The van der Waals surface area contributed by atoms with Gasteiger partial charge in [-0.3, -0.25) is 28.9 Å². The number of nitrogens with zero attached hydrogens (tertiary/aromatic N) is 4. The fraction of sp³-hybridized carbons (Fsp3) is 0.207. The lowest BCUT2D eigenvalue weighted by Crippen LogP contribution is -2.71. The van der Waals surface area contributed by atoms with E-state index in [9.17, 15) is 43.4 Å². The van der Waals surface area contributed by atoms with E-state index in [4.69, 9.17) is 12.2 Å². The summed E-state index contributed by atoms with van der Waals surface area (Å²) in [6.07, 6.45) is 1.14. The van der Waals surface area contributed by atoms with Crippen LogP contribution in [-0.2, 0) is 14.4 Å². The van der Waals surface area contributed by atoms with Gasteiger partial charge in [0.2, 0.25) is 11.3 Å². The van der Waals surface area contributed by atoms with Crippen LogP contribution in [0.1, 0.15) is 27.0 Å². The quantitative estimate of drug-likeness (QED) is 0.0790.